The van der Waals surface area contributed by atoms with Gasteiger partial charge in [-0.05, 0) is 41.5 Å². The highest BCUT2D eigenvalue weighted by atomic mass is 16.7. The second-order valence-corrected chi connectivity index (χ2v) is 5.82. The molecule has 4 nitrogen and oxygen atoms in total. The maximum Gasteiger partial charge on any atom is 0.469 e. The zero-order valence-corrected chi connectivity index (χ0v) is 11.0. The van der Waals surface area contributed by atoms with Gasteiger partial charge < -0.3 is 14.7 Å². The third-order valence-corrected chi connectivity index (χ3v) is 4.03. The van der Waals surface area contributed by atoms with Gasteiger partial charge in [0.25, 0.3) is 0 Å². The van der Waals surface area contributed by atoms with Gasteiger partial charge in [0.2, 0.25) is 0 Å². The van der Waals surface area contributed by atoms with Gasteiger partial charge in [0.1, 0.15) is 0 Å². The van der Waals surface area contributed by atoms with Crippen LogP contribution in [0.2, 0.25) is 5.82 Å². The van der Waals surface area contributed by atoms with Crippen molar-refractivity contribution in [3.8, 4) is 0 Å². The Morgan fingerprint density at radius 2 is 1.69 bits per heavy atom. The van der Waals surface area contributed by atoms with Crippen LogP contribution in [0.4, 0.5) is 0 Å². The highest BCUT2D eigenvalue weighted by Gasteiger charge is 2.56. The number of rotatable bonds is 1. The lowest BCUT2D eigenvalue weighted by Crippen LogP contribution is -2.41. The largest absolute Gasteiger partial charge is 0.469 e. The first-order valence-electron chi connectivity index (χ1n) is 5.90. The average molecular weight is 224 g/mol. The molecule has 0 aliphatic carbocycles. The monoisotopic (exact) mass is 224 g/mol. The van der Waals surface area contributed by atoms with Crippen LogP contribution in [-0.2, 0) is 9.31 Å². The molecule has 0 amide bonds. The Kier molecular flexibility index (Phi) is 2.59. The topological polar surface area (TPSA) is 42.9 Å². The first kappa shape index (κ1) is 11.9. The van der Waals surface area contributed by atoms with E-state index in [1.54, 1.807) is 0 Å². The van der Waals surface area contributed by atoms with Gasteiger partial charge in [0.05, 0.1) is 17.0 Å². The Morgan fingerprint density at radius 3 is 2.06 bits per heavy atom. The molecule has 1 N–H and O–H groups in total. The van der Waals surface area contributed by atoms with Crippen LogP contribution in [0, 0.1) is 0 Å². The van der Waals surface area contributed by atoms with Gasteiger partial charge in [-0.3, -0.25) is 0 Å². The Labute approximate surface area is 97.9 Å². The third kappa shape index (κ3) is 1.66. The molecular weight excluding hydrogens is 203 g/mol. The summed E-state index contributed by atoms with van der Waals surface area (Å²) in [6, 6.07) is 0.273. The summed E-state index contributed by atoms with van der Waals surface area (Å²) in [5, 5.41) is 4.25. The zero-order valence-electron chi connectivity index (χ0n) is 11.0. The van der Waals surface area contributed by atoms with Crippen molar-refractivity contribution in [3.63, 3.8) is 0 Å². The molecule has 2 aliphatic heterocycles. The van der Waals surface area contributed by atoms with Gasteiger partial charge in [-0.15, -0.1) is 0 Å². The molecule has 16 heavy (non-hydrogen) atoms. The first-order chi connectivity index (χ1) is 7.24. The molecule has 0 aromatic carbocycles. The van der Waals surface area contributed by atoms with E-state index in [0.29, 0.717) is 0 Å². The fourth-order valence-electron chi connectivity index (χ4n) is 2.19. The number of hydrogen-bond donors (Lipinski definition) is 1. The van der Waals surface area contributed by atoms with E-state index in [2.05, 4.69) is 45.1 Å². The van der Waals surface area contributed by atoms with Crippen molar-refractivity contribution in [1.29, 1.82) is 0 Å². The van der Waals surface area contributed by atoms with Crippen molar-refractivity contribution in [2.45, 2.75) is 64.6 Å². The van der Waals surface area contributed by atoms with E-state index in [0.717, 1.165) is 5.71 Å². The fourth-order valence-corrected chi connectivity index (χ4v) is 2.19. The van der Waals surface area contributed by atoms with Crippen LogP contribution in [0.1, 0.15) is 41.5 Å². The van der Waals surface area contributed by atoms with Gasteiger partial charge in [0, 0.05) is 11.8 Å². The number of nitrogens with one attached hydrogen (secondary N) is 1. The first-order valence-corrected chi connectivity index (χ1v) is 5.90. The minimum Gasteiger partial charge on any atom is -0.403 e. The predicted octanol–water partition coefficient (Wildman–Crippen LogP) is 1.82. The molecule has 2 aliphatic rings. The Hall–Kier alpha value is -0.545. The number of nitrogens with zero attached hydrogens (tertiary/aromatic N) is 1. The lowest BCUT2D eigenvalue weighted by atomic mass is 9.66. The number of hydrogen-bond acceptors (Lipinski definition) is 4. The highest BCUT2D eigenvalue weighted by Crippen LogP contribution is 2.41. The highest BCUT2D eigenvalue weighted by molar-refractivity contribution is 6.53. The average Bonchev–Trinajstić information content (AvgIpc) is 2.52. The van der Waals surface area contributed by atoms with E-state index < -0.39 is 0 Å². The maximum atomic E-state index is 6.05. The zero-order chi connectivity index (χ0) is 12.1. The minimum atomic E-state index is -0.264. The molecule has 90 valence electrons. The van der Waals surface area contributed by atoms with Crippen molar-refractivity contribution in [2.24, 2.45) is 5.10 Å². The summed E-state index contributed by atoms with van der Waals surface area (Å²) in [6.45, 7) is 12.4. The normalized spacial score (nSPS) is 36.1. The Balaban J connectivity index is 2.18. The molecule has 1 fully saturated rings. The van der Waals surface area contributed by atoms with Crippen molar-refractivity contribution >= 4 is 12.8 Å². The van der Waals surface area contributed by atoms with Crippen molar-refractivity contribution in [2.75, 3.05) is 0 Å². The molecule has 0 aromatic heterocycles. The van der Waals surface area contributed by atoms with E-state index in [-0.39, 0.29) is 30.2 Å². The standard InChI is InChI=1S/C11H21BN2O2/c1-7-9(8(2)14-13-7)12-15-10(3,4)11(5,6)16-12/h7,9,13H,1-6H3. The third-order valence-electron chi connectivity index (χ3n) is 4.03. The summed E-state index contributed by atoms with van der Waals surface area (Å²) in [6.07, 6.45) is 0. The van der Waals surface area contributed by atoms with E-state index in [9.17, 15) is 0 Å². The van der Waals surface area contributed by atoms with Crippen LogP contribution in [0.15, 0.2) is 5.10 Å². The van der Waals surface area contributed by atoms with E-state index in [1.165, 1.54) is 0 Å². The Morgan fingerprint density at radius 1 is 1.19 bits per heavy atom. The van der Waals surface area contributed by atoms with E-state index in [1.807, 2.05) is 6.92 Å². The molecule has 5 heteroatoms. The fraction of sp³-hybridized carbons (Fsp3) is 0.909. The van der Waals surface area contributed by atoms with E-state index >= 15 is 0 Å². The van der Waals surface area contributed by atoms with Crippen LogP contribution in [0.3, 0.4) is 0 Å². The second-order valence-electron chi connectivity index (χ2n) is 5.82. The smallest absolute Gasteiger partial charge is 0.403 e. The lowest BCUT2D eigenvalue weighted by molar-refractivity contribution is 0.00578. The van der Waals surface area contributed by atoms with Crippen LogP contribution >= 0.6 is 0 Å². The molecule has 0 aromatic rings. The molecule has 2 unspecified atom stereocenters. The van der Waals surface area contributed by atoms with Crippen molar-refractivity contribution in [1.82, 2.24) is 5.43 Å². The summed E-state index contributed by atoms with van der Waals surface area (Å²) >= 11 is 0. The molecule has 2 heterocycles. The predicted molar refractivity (Wildman–Crippen MR) is 65.5 cm³/mol. The van der Waals surface area contributed by atoms with Crippen molar-refractivity contribution in [3.05, 3.63) is 0 Å². The van der Waals surface area contributed by atoms with Crippen LogP contribution in [0.25, 0.3) is 0 Å². The minimum absolute atomic E-state index is 0.196. The van der Waals surface area contributed by atoms with E-state index in [4.69, 9.17) is 9.31 Å². The summed E-state index contributed by atoms with van der Waals surface area (Å²) in [5.41, 5.74) is 3.61. The Bertz CT molecular complexity index is 312. The van der Waals surface area contributed by atoms with Crippen LogP contribution in [-0.4, -0.2) is 30.1 Å². The molecule has 0 spiro atoms. The summed E-state index contributed by atoms with van der Waals surface area (Å²) in [5.74, 6) is 0.209. The number of hydrazone groups is 1. The van der Waals surface area contributed by atoms with Gasteiger partial charge in [0.15, 0.2) is 0 Å². The van der Waals surface area contributed by atoms with Crippen LogP contribution < -0.4 is 5.43 Å². The molecular formula is C11H21BN2O2. The summed E-state index contributed by atoms with van der Waals surface area (Å²) in [7, 11) is -0.196. The van der Waals surface area contributed by atoms with Crippen LogP contribution in [0.5, 0.6) is 0 Å². The van der Waals surface area contributed by atoms with Gasteiger partial charge in [-0.25, -0.2) is 0 Å². The molecule has 1 saturated heterocycles. The quantitative estimate of drug-likeness (QED) is 0.691. The molecule has 2 atom stereocenters. The van der Waals surface area contributed by atoms with Crippen molar-refractivity contribution < 1.29 is 9.31 Å². The SMILES string of the molecule is CC1=NNC(C)C1B1OC(C)(C)C(C)(C)O1. The second kappa shape index (κ2) is 3.47. The lowest BCUT2D eigenvalue weighted by Gasteiger charge is -2.32. The van der Waals surface area contributed by atoms with Gasteiger partial charge in [-0.2, -0.15) is 5.10 Å². The molecule has 0 saturated carbocycles. The molecule has 0 radical (unpaired) electrons. The van der Waals surface area contributed by atoms with Gasteiger partial charge in [-0.1, -0.05) is 0 Å². The summed E-state index contributed by atoms with van der Waals surface area (Å²) < 4.78 is 12.1. The molecule has 2 rings (SSSR count). The van der Waals surface area contributed by atoms with Gasteiger partial charge >= 0.3 is 7.12 Å². The maximum absolute atomic E-state index is 6.05. The molecule has 0 bridgehead atoms. The summed E-state index contributed by atoms with van der Waals surface area (Å²) in [4.78, 5) is 0.